The lowest BCUT2D eigenvalue weighted by molar-refractivity contribution is 0.175. The number of hydrogen-bond acceptors (Lipinski definition) is 5. The Hall–Kier alpha value is -1.50. The molecule has 6 nitrogen and oxygen atoms in total. The first kappa shape index (κ1) is 16.9. The minimum atomic E-state index is -4.41. The van der Waals surface area contributed by atoms with Crippen molar-refractivity contribution in [2.45, 2.75) is 17.4 Å². The molecule has 22 heavy (non-hydrogen) atoms. The maximum absolute atomic E-state index is 11.2. The van der Waals surface area contributed by atoms with Crippen LogP contribution >= 0.6 is 18.2 Å². The van der Waals surface area contributed by atoms with E-state index in [4.69, 9.17) is 9.79 Å². The van der Waals surface area contributed by atoms with Crippen molar-refractivity contribution in [2.75, 3.05) is 0 Å². The Morgan fingerprint density at radius 3 is 2.36 bits per heavy atom. The van der Waals surface area contributed by atoms with E-state index in [0.29, 0.717) is 11.1 Å². The molecular formula is C14H15O6PS. The van der Waals surface area contributed by atoms with Crippen molar-refractivity contribution in [3.05, 3.63) is 53.6 Å². The third kappa shape index (κ3) is 4.76. The normalized spacial score (nSPS) is 13.0. The molecule has 2 aromatic rings. The van der Waals surface area contributed by atoms with E-state index < -0.39 is 12.9 Å². The summed E-state index contributed by atoms with van der Waals surface area (Å²) in [6.45, 7) is -4.41. The van der Waals surface area contributed by atoms with Gasteiger partial charge in [0, 0.05) is 11.3 Å². The summed E-state index contributed by atoms with van der Waals surface area (Å²) >= 11 is 0.281. The average molecular weight is 342 g/mol. The molecule has 0 saturated carbocycles. The SMILES string of the molecule is O=P(O)(O)Sc1cc(O)ccc1C(O)Cc1cccc(O)c1. The van der Waals surface area contributed by atoms with Crippen molar-refractivity contribution in [2.24, 2.45) is 0 Å². The topological polar surface area (TPSA) is 118 Å². The molecule has 0 radical (unpaired) electrons. The molecule has 2 rings (SSSR count). The van der Waals surface area contributed by atoms with Crippen LogP contribution < -0.4 is 0 Å². The first-order valence-corrected chi connectivity index (χ1v) is 9.32. The largest absolute Gasteiger partial charge is 0.508 e. The molecule has 0 fully saturated rings. The number of phenols is 2. The van der Waals surface area contributed by atoms with Crippen LogP contribution in [0.3, 0.4) is 0 Å². The van der Waals surface area contributed by atoms with E-state index in [1.54, 1.807) is 12.1 Å². The second-order valence-corrected chi connectivity index (χ2v) is 8.27. The molecular weight excluding hydrogens is 327 g/mol. The third-order valence-corrected chi connectivity index (χ3v) is 5.00. The van der Waals surface area contributed by atoms with Gasteiger partial charge in [0.05, 0.1) is 6.10 Å². The van der Waals surface area contributed by atoms with E-state index in [2.05, 4.69) is 0 Å². The Morgan fingerprint density at radius 1 is 1.05 bits per heavy atom. The van der Waals surface area contributed by atoms with Gasteiger partial charge in [-0.2, -0.15) is 0 Å². The fourth-order valence-electron chi connectivity index (χ4n) is 2.02. The van der Waals surface area contributed by atoms with Gasteiger partial charge in [0.2, 0.25) is 0 Å². The zero-order chi connectivity index (χ0) is 16.3. The highest BCUT2D eigenvalue weighted by Gasteiger charge is 2.22. The van der Waals surface area contributed by atoms with Crippen LogP contribution in [0.1, 0.15) is 17.2 Å². The monoisotopic (exact) mass is 342 g/mol. The number of aliphatic hydroxyl groups is 1. The van der Waals surface area contributed by atoms with Gasteiger partial charge >= 0.3 is 6.80 Å². The summed E-state index contributed by atoms with van der Waals surface area (Å²) in [5, 5.41) is 29.2. The number of benzene rings is 2. The van der Waals surface area contributed by atoms with Crippen molar-refractivity contribution < 1.29 is 29.7 Å². The molecule has 0 heterocycles. The third-order valence-electron chi connectivity index (χ3n) is 2.91. The molecule has 0 aliphatic carbocycles. The second kappa shape index (κ2) is 6.73. The molecule has 0 amide bonds. The molecule has 2 aromatic carbocycles. The lowest BCUT2D eigenvalue weighted by atomic mass is 10.0. The van der Waals surface area contributed by atoms with Crippen LogP contribution in [0.15, 0.2) is 47.4 Å². The second-order valence-electron chi connectivity index (χ2n) is 4.69. The van der Waals surface area contributed by atoms with Crippen molar-refractivity contribution in [3.63, 3.8) is 0 Å². The summed E-state index contributed by atoms with van der Waals surface area (Å²) in [6, 6.07) is 10.3. The van der Waals surface area contributed by atoms with Crippen LogP contribution in [-0.4, -0.2) is 25.1 Å². The summed E-state index contributed by atoms with van der Waals surface area (Å²) in [6.07, 6.45) is -0.870. The summed E-state index contributed by atoms with van der Waals surface area (Å²) in [5.41, 5.74) is 0.974. The Labute approximate surface area is 131 Å². The first-order valence-electron chi connectivity index (χ1n) is 6.28. The van der Waals surface area contributed by atoms with E-state index in [0.717, 1.165) is 0 Å². The molecule has 8 heteroatoms. The molecule has 0 spiro atoms. The highest BCUT2D eigenvalue weighted by molar-refractivity contribution is 8.54. The average Bonchev–Trinajstić information content (AvgIpc) is 2.36. The molecule has 0 aromatic heterocycles. The molecule has 0 aliphatic heterocycles. The van der Waals surface area contributed by atoms with Gasteiger partial charge in [0.25, 0.3) is 0 Å². The van der Waals surface area contributed by atoms with Crippen LogP contribution in [0.25, 0.3) is 0 Å². The minimum absolute atomic E-state index is 0.0697. The first-order chi connectivity index (χ1) is 10.2. The van der Waals surface area contributed by atoms with E-state index in [1.807, 2.05) is 0 Å². The Kier molecular flexibility index (Phi) is 5.16. The van der Waals surface area contributed by atoms with Gasteiger partial charge in [0.1, 0.15) is 11.5 Å². The maximum atomic E-state index is 11.2. The number of rotatable bonds is 5. The lowest BCUT2D eigenvalue weighted by Crippen LogP contribution is -2.03. The predicted molar refractivity (Wildman–Crippen MR) is 82.8 cm³/mol. The highest BCUT2D eigenvalue weighted by Crippen LogP contribution is 2.56. The molecule has 0 saturated heterocycles. The molecule has 1 unspecified atom stereocenters. The zero-order valence-electron chi connectivity index (χ0n) is 11.3. The van der Waals surface area contributed by atoms with Gasteiger partial charge in [-0.25, -0.2) is 4.57 Å². The molecule has 1 atom stereocenters. The summed E-state index contributed by atoms with van der Waals surface area (Å²) in [7, 11) is 0. The van der Waals surface area contributed by atoms with Gasteiger partial charge in [-0.05, 0) is 46.8 Å². The summed E-state index contributed by atoms with van der Waals surface area (Å²) in [5.74, 6) is -0.0792. The van der Waals surface area contributed by atoms with Gasteiger partial charge in [-0.15, -0.1) is 0 Å². The van der Waals surface area contributed by atoms with Crippen LogP contribution in [0.5, 0.6) is 11.5 Å². The van der Waals surface area contributed by atoms with E-state index in [-0.39, 0.29) is 34.2 Å². The summed E-state index contributed by atoms with van der Waals surface area (Å²) in [4.78, 5) is 18.3. The highest BCUT2D eigenvalue weighted by atomic mass is 32.7. The van der Waals surface area contributed by atoms with E-state index >= 15 is 0 Å². The zero-order valence-corrected chi connectivity index (χ0v) is 13.0. The van der Waals surface area contributed by atoms with Gasteiger partial charge in [0.15, 0.2) is 0 Å². The number of phenolic OH excluding ortho intramolecular Hbond substituents is 2. The Morgan fingerprint density at radius 2 is 1.73 bits per heavy atom. The van der Waals surface area contributed by atoms with E-state index in [1.165, 1.54) is 30.3 Å². The van der Waals surface area contributed by atoms with Crippen molar-refractivity contribution in [3.8, 4) is 11.5 Å². The van der Waals surface area contributed by atoms with Gasteiger partial charge in [-0.3, -0.25) is 0 Å². The van der Waals surface area contributed by atoms with Crippen LogP contribution in [0, 0.1) is 0 Å². The van der Waals surface area contributed by atoms with Crippen molar-refractivity contribution in [1.29, 1.82) is 0 Å². The fourth-order valence-corrected chi connectivity index (χ4v) is 4.00. The molecule has 5 N–H and O–H groups in total. The van der Waals surface area contributed by atoms with Gasteiger partial charge in [-0.1, -0.05) is 18.2 Å². The van der Waals surface area contributed by atoms with Crippen LogP contribution in [0.4, 0.5) is 0 Å². The minimum Gasteiger partial charge on any atom is -0.508 e. The Bertz CT molecular complexity index is 714. The molecule has 118 valence electrons. The molecule has 0 bridgehead atoms. The number of aliphatic hydroxyl groups excluding tert-OH is 1. The van der Waals surface area contributed by atoms with Crippen molar-refractivity contribution >= 4 is 18.2 Å². The van der Waals surface area contributed by atoms with Crippen molar-refractivity contribution in [1.82, 2.24) is 0 Å². The quantitative estimate of drug-likeness (QED) is 0.530. The van der Waals surface area contributed by atoms with Crippen LogP contribution in [0.2, 0.25) is 0 Å². The standard InChI is InChI=1S/C14H15O6PS/c15-10-3-1-2-9(6-10)7-13(17)12-5-4-11(16)8-14(12)22-21(18,19)20/h1-6,8,13,15-17H,7H2,(H2,18,19,20). The number of aromatic hydroxyl groups is 2. The van der Waals surface area contributed by atoms with Crippen LogP contribution in [-0.2, 0) is 11.0 Å². The smallest absolute Gasteiger partial charge is 0.388 e. The maximum Gasteiger partial charge on any atom is 0.388 e. The Balaban J connectivity index is 2.29. The lowest BCUT2D eigenvalue weighted by Gasteiger charge is -2.16. The predicted octanol–water partition coefficient (Wildman–Crippen LogP) is 2.56. The number of hydrogen-bond donors (Lipinski definition) is 5. The molecule has 0 aliphatic rings. The van der Waals surface area contributed by atoms with Gasteiger partial charge < -0.3 is 25.1 Å². The summed E-state index contributed by atoms with van der Waals surface area (Å²) < 4.78 is 11.2. The van der Waals surface area contributed by atoms with E-state index in [9.17, 15) is 19.9 Å². The fraction of sp³-hybridized carbons (Fsp3) is 0.143.